The summed E-state index contributed by atoms with van der Waals surface area (Å²) in [5.41, 5.74) is 0.879. The van der Waals surface area contributed by atoms with Crippen LogP contribution in [0.2, 0.25) is 0 Å². The van der Waals surface area contributed by atoms with E-state index in [4.69, 9.17) is 0 Å². The number of aromatic nitrogens is 2. The Labute approximate surface area is 75.3 Å². The number of nitrogens with one attached hydrogen (secondary N) is 1. The van der Waals surface area contributed by atoms with Crippen molar-refractivity contribution in [2.45, 2.75) is 6.54 Å². The zero-order valence-corrected chi connectivity index (χ0v) is 7.16. The Morgan fingerprint density at radius 3 is 3.00 bits per heavy atom. The van der Waals surface area contributed by atoms with Crippen molar-refractivity contribution in [1.82, 2.24) is 9.78 Å². The summed E-state index contributed by atoms with van der Waals surface area (Å²) in [7, 11) is 0. The molecule has 2 rings (SSSR count). The average Bonchev–Trinajstić information content (AvgIpc) is 2.46. The largest absolute Gasteiger partial charge is 0.281 e. The second kappa shape index (κ2) is 2.94. The lowest BCUT2D eigenvalue weighted by atomic mass is 10.2. The number of aromatic amines is 1. The number of allylic oxidation sites excluding steroid dienone is 1. The van der Waals surface area contributed by atoms with Crippen LogP contribution in [0.25, 0.3) is 10.9 Å². The first kappa shape index (κ1) is 7.86. The Kier molecular flexibility index (Phi) is 1.77. The standard InChI is InChI=1S/C10H10N2O/c1-2-7-12-9-6-4-3-5-8(9)10(13)11-12/h2-6H,1,7H2,(H,11,13). The van der Waals surface area contributed by atoms with Gasteiger partial charge in [-0.05, 0) is 12.1 Å². The van der Waals surface area contributed by atoms with Gasteiger partial charge in [-0.25, -0.2) is 0 Å². The molecule has 0 fully saturated rings. The van der Waals surface area contributed by atoms with Crippen LogP contribution < -0.4 is 5.56 Å². The number of H-pyrrole nitrogens is 1. The maximum absolute atomic E-state index is 11.4. The van der Waals surface area contributed by atoms with Crippen molar-refractivity contribution < 1.29 is 0 Å². The SMILES string of the molecule is C=CCn1[nH]c(=O)c2ccccc21. The molecule has 1 heterocycles. The van der Waals surface area contributed by atoms with Gasteiger partial charge < -0.3 is 0 Å². The number of rotatable bonds is 2. The van der Waals surface area contributed by atoms with Crippen molar-refractivity contribution in [1.29, 1.82) is 0 Å². The molecule has 2 aromatic rings. The van der Waals surface area contributed by atoms with Crippen molar-refractivity contribution in [2.75, 3.05) is 0 Å². The number of benzene rings is 1. The van der Waals surface area contributed by atoms with E-state index in [9.17, 15) is 4.79 Å². The van der Waals surface area contributed by atoms with E-state index in [1.807, 2.05) is 24.3 Å². The van der Waals surface area contributed by atoms with Gasteiger partial charge in [0, 0.05) is 0 Å². The van der Waals surface area contributed by atoms with Crippen LogP contribution in [0.1, 0.15) is 0 Å². The first-order valence-corrected chi connectivity index (χ1v) is 4.11. The van der Waals surface area contributed by atoms with Crippen LogP contribution >= 0.6 is 0 Å². The van der Waals surface area contributed by atoms with E-state index in [2.05, 4.69) is 11.7 Å². The highest BCUT2D eigenvalue weighted by Gasteiger charge is 2.02. The van der Waals surface area contributed by atoms with Gasteiger partial charge in [-0.15, -0.1) is 6.58 Å². The van der Waals surface area contributed by atoms with E-state index in [1.165, 1.54) is 0 Å². The smallest absolute Gasteiger partial charge is 0.271 e. The molecule has 13 heavy (non-hydrogen) atoms. The maximum Gasteiger partial charge on any atom is 0.271 e. The molecule has 3 nitrogen and oxygen atoms in total. The number of fused-ring (bicyclic) bond motifs is 1. The second-order valence-corrected chi connectivity index (χ2v) is 2.86. The normalized spacial score (nSPS) is 10.5. The molecule has 66 valence electrons. The molecule has 0 atom stereocenters. The molecule has 1 N–H and O–H groups in total. The van der Waals surface area contributed by atoms with Crippen molar-refractivity contribution >= 4 is 10.9 Å². The third-order valence-corrected chi connectivity index (χ3v) is 1.99. The van der Waals surface area contributed by atoms with Gasteiger partial charge in [0.1, 0.15) is 0 Å². The first-order chi connectivity index (χ1) is 6.33. The van der Waals surface area contributed by atoms with Crippen LogP contribution in [-0.2, 0) is 6.54 Å². The molecule has 0 amide bonds. The lowest BCUT2D eigenvalue weighted by molar-refractivity contribution is 0.719. The molecule has 1 aromatic heterocycles. The first-order valence-electron chi connectivity index (χ1n) is 4.11. The highest BCUT2D eigenvalue weighted by atomic mass is 16.1. The lowest BCUT2D eigenvalue weighted by Gasteiger charge is -1.97. The topological polar surface area (TPSA) is 37.8 Å². The lowest BCUT2D eigenvalue weighted by Crippen LogP contribution is -2.04. The minimum Gasteiger partial charge on any atom is -0.281 e. The highest BCUT2D eigenvalue weighted by Crippen LogP contribution is 2.07. The van der Waals surface area contributed by atoms with Crippen LogP contribution in [0.5, 0.6) is 0 Å². The van der Waals surface area contributed by atoms with Crippen molar-refractivity contribution in [3.63, 3.8) is 0 Å². The van der Waals surface area contributed by atoms with E-state index in [1.54, 1.807) is 10.8 Å². The summed E-state index contributed by atoms with van der Waals surface area (Å²) in [6, 6.07) is 7.50. The molecule has 0 aliphatic heterocycles. The van der Waals surface area contributed by atoms with Crippen LogP contribution in [-0.4, -0.2) is 9.78 Å². The van der Waals surface area contributed by atoms with E-state index >= 15 is 0 Å². The number of hydrogen-bond acceptors (Lipinski definition) is 1. The van der Waals surface area contributed by atoms with Gasteiger partial charge in [0.25, 0.3) is 5.56 Å². The van der Waals surface area contributed by atoms with Gasteiger partial charge in [-0.1, -0.05) is 18.2 Å². The van der Waals surface area contributed by atoms with E-state index in [0.29, 0.717) is 6.54 Å². The molecule has 0 unspecified atom stereocenters. The molecule has 0 spiro atoms. The van der Waals surface area contributed by atoms with E-state index < -0.39 is 0 Å². The van der Waals surface area contributed by atoms with E-state index in [-0.39, 0.29) is 5.56 Å². The summed E-state index contributed by atoms with van der Waals surface area (Å²) in [4.78, 5) is 11.4. The number of para-hydroxylation sites is 1. The van der Waals surface area contributed by atoms with Crippen molar-refractivity contribution in [2.24, 2.45) is 0 Å². The second-order valence-electron chi connectivity index (χ2n) is 2.86. The van der Waals surface area contributed by atoms with Gasteiger partial charge in [-0.3, -0.25) is 14.6 Å². The van der Waals surface area contributed by atoms with Crippen LogP contribution in [0.3, 0.4) is 0 Å². The fourth-order valence-corrected chi connectivity index (χ4v) is 1.42. The molecule has 0 bridgehead atoms. The third kappa shape index (κ3) is 1.18. The quantitative estimate of drug-likeness (QED) is 0.688. The molecular weight excluding hydrogens is 164 g/mol. The minimum absolute atomic E-state index is 0.0440. The summed E-state index contributed by atoms with van der Waals surface area (Å²) in [6.07, 6.45) is 1.75. The molecule has 0 saturated carbocycles. The molecule has 0 saturated heterocycles. The van der Waals surface area contributed by atoms with Gasteiger partial charge in [0.2, 0.25) is 0 Å². The zero-order valence-electron chi connectivity index (χ0n) is 7.16. The number of hydrogen-bond donors (Lipinski definition) is 1. The van der Waals surface area contributed by atoms with Crippen LogP contribution in [0.15, 0.2) is 41.7 Å². The Morgan fingerprint density at radius 1 is 1.46 bits per heavy atom. The van der Waals surface area contributed by atoms with Crippen LogP contribution in [0, 0.1) is 0 Å². The fraction of sp³-hybridized carbons (Fsp3) is 0.100. The predicted octanol–water partition coefficient (Wildman–Crippen LogP) is 1.52. The fourth-order valence-electron chi connectivity index (χ4n) is 1.42. The van der Waals surface area contributed by atoms with E-state index in [0.717, 1.165) is 10.9 Å². The highest BCUT2D eigenvalue weighted by molar-refractivity contribution is 5.78. The summed E-state index contributed by atoms with van der Waals surface area (Å²) in [5, 5.41) is 3.47. The Morgan fingerprint density at radius 2 is 2.23 bits per heavy atom. The van der Waals surface area contributed by atoms with Gasteiger partial charge in [0.15, 0.2) is 0 Å². The molecule has 0 radical (unpaired) electrons. The van der Waals surface area contributed by atoms with Crippen molar-refractivity contribution in [3.05, 3.63) is 47.3 Å². The monoisotopic (exact) mass is 174 g/mol. The minimum atomic E-state index is -0.0440. The van der Waals surface area contributed by atoms with Gasteiger partial charge in [0.05, 0.1) is 17.4 Å². The molecule has 1 aromatic carbocycles. The average molecular weight is 174 g/mol. The summed E-state index contributed by atoms with van der Waals surface area (Å²) < 4.78 is 1.78. The van der Waals surface area contributed by atoms with Gasteiger partial charge in [-0.2, -0.15) is 0 Å². The van der Waals surface area contributed by atoms with Crippen LogP contribution in [0.4, 0.5) is 0 Å². The molecule has 3 heteroatoms. The summed E-state index contributed by atoms with van der Waals surface area (Å²) in [6.45, 7) is 4.26. The predicted molar refractivity (Wildman–Crippen MR) is 52.8 cm³/mol. The molecular formula is C10H10N2O. The Balaban J connectivity index is 2.77. The third-order valence-electron chi connectivity index (χ3n) is 1.99. The Hall–Kier alpha value is -1.77. The number of nitrogens with zero attached hydrogens (tertiary/aromatic N) is 1. The summed E-state index contributed by atoms with van der Waals surface area (Å²) >= 11 is 0. The Bertz CT molecular complexity index is 493. The summed E-state index contributed by atoms with van der Waals surface area (Å²) in [5.74, 6) is 0. The molecule has 0 aliphatic rings. The van der Waals surface area contributed by atoms with Gasteiger partial charge >= 0.3 is 0 Å². The zero-order chi connectivity index (χ0) is 9.26. The molecule has 0 aliphatic carbocycles. The van der Waals surface area contributed by atoms with Crippen molar-refractivity contribution in [3.8, 4) is 0 Å². The maximum atomic E-state index is 11.4.